The van der Waals surface area contributed by atoms with Crippen LogP contribution in [-0.2, 0) is 0 Å². The fourth-order valence-electron chi connectivity index (χ4n) is 2.45. The molecule has 0 unspecified atom stereocenters. The quantitative estimate of drug-likeness (QED) is 0.642. The maximum Gasteiger partial charge on any atom is 0.299 e. The fourth-order valence-corrected chi connectivity index (χ4v) is 4.93. The van der Waals surface area contributed by atoms with Crippen LogP contribution in [0.4, 0.5) is 0 Å². The second-order valence-electron chi connectivity index (χ2n) is 5.21. The van der Waals surface area contributed by atoms with Crippen molar-refractivity contribution in [2.24, 2.45) is 0 Å². The summed E-state index contributed by atoms with van der Waals surface area (Å²) < 4.78 is 6.42. The Morgan fingerprint density at radius 2 is 1.39 bits per heavy atom. The Hall–Kier alpha value is -2.29. The third kappa shape index (κ3) is 3.73. The molecule has 0 amide bonds. The molecule has 23 heavy (non-hydrogen) atoms. The Bertz CT molecular complexity index is 748. The summed E-state index contributed by atoms with van der Waals surface area (Å²) in [6, 6.07) is 26.4. The second kappa shape index (κ2) is 7.31. The predicted octanol–water partition coefficient (Wildman–Crippen LogP) is 3.90. The molecule has 0 N–H and O–H groups in total. The summed E-state index contributed by atoms with van der Waals surface area (Å²) in [5, 5.41) is 3.07. The molecule has 0 heterocycles. The molecule has 114 valence electrons. The molecule has 0 aliphatic carbocycles. The monoisotopic (exact) mass is 336 g/mol. The van der Waals surface area contributed by atoms with Gasteiger partial charge in [-0.1, -0.05) is 91.0 Å². The molecule has 3 heteroatoms. The lowest BCUT2D eigenvalue weighted by molar-refractivity contribution is 0.592. The van der Waals surface area contributed by atoms with Gasteiger partial charge in [-0.2, -0.15) is 0 Å². The molecule has 3 aromatic carbocycles. The third-order valence-electron chi connectivity index (χ3n) is 3.64. The van der Waals surface area contributed by atoms with E-state index in [4.69, 9.17) is 16.0 Å². The average Bonchev–Trinajstić information content (AvgIpc) is 2.62. The van der Waals surface area contributed by atoms with E-state index in [0.717, 1.165) is 5.56 Å². The minimum atomic E-state index is -1.86. The van der Waals surface area contributed by atoms with E-state index in [1.165, 1.54) is 10.4 Å². The van der Waals surface area contributed by atoms with E-state index in [2.05, 4.69) is 30.8 Å². The lowest BCUT2D eigenvalue weighted by Gasteiger charge is -2.20. The van der Waals surface area contributed by atoms with Gasteiger partial charge in [0.2, 0.25) is 0 Å². The van der Waals surface area contributed by atoms with Gasteiger partial charge in [0.05, 0.1) is 5.02 Å². The Morgan fingerprint density at radius 3 is 1.91 bits per heavy atom. The highest BCUT2D eigenvalue weighted by Gasteiger charge is 2.20. The highest BCUT2D eigenvalue weighted by Crippen LogP contribution is 2.26. The Morgan fingerprint density at radius 1 is 0.826 bits per heavy atom. The van der Waals surface area contributed by atoms with Crippen molar-refractivity contribution in [3.05, 3.63) is 96.0 Å². The predicted molar refractivity (Wildman–Crippen MR) is 101 cm³/mol. The average molecular weight is 337 g/mol. The summed E-state index contributed by atoms with van der Waals surface area (Å²) in [4.78, 5) is 0. The van der Waals surface area contributed by atoms with Crippen LogP contribution in [0.5, 0.6) is 5.75 Å². The minimum Gasteiger partial charge on any atom is -0.536 e. The van der Waals surface area contributed by atoms with Crippen molar-refractivity contribution in [2.45, 2.75) is 0 Å². The Kier molecular flexibility index (Phi) is 4.96. The second-order valence-corrected chi connectivity index (χ2v) is 7.95. The number of rotatable bonds is 5. The van der Waals surface area contributed by atoms with Gasteiger partial charge in [0, 0.05) is 0 Å². The van der Waals surface area contributed by atoms with Crippen molar-refractivity contribution in [1.29, 1.82) is 0 Å². The normalized spacial score (nSPS) is 10.5. The molecule has 0 radical (unpaired) electrons. The minimum absolute atomic E-state index is 0.625. The Labute approximate surface area is 143 Å². The van der Waals surface area contributed by atoms with Crippen molar-refractivity contribution in [1.82, 2.24) is 0 Å². The number of halogens is 1. The molecular formula is C20H17ClOSi. The topological polar surface area (TPSA) is 9.23 Å². The molecule has 0 saturated carbocycles. The van der Waals surface area contributed by atoms with Gasteiger partial charge in [-0.3, -0.25) is 0 Å². The molecule has 0 saturated heterocycles. The van der Waals surface area contributed by atoms with Gasteiger partial charge in [0.1, 0.15) is 5.75 Å². The fraction of sp³-hybridized carbons (Fsp3) is 0. The molecule has 0 fully saturated rings. The zero-order valence-corrected chi connectivity index (χ0v) is 14.6. The van der Waals surface area contributed by atoms with E-state index in [-0.39, 0.29) is 0 Å². The van der Waals surface area contributed by atoms with Crippen LogP contribution in [0, 0.1) is 0 Å². The van der Waals surface area contributed by atoms with E-state index in [0.29, 0.717) is 10.8 Å². The largest absolute Gasteiger partial charge is 0.536 e. The molecule has 3 aromatic rings. The van der Waals surface area contributed by atoms with Crippen LogP contribution in [0.1, 0.15) is 5.56 Å². The van der Waals surface area contributed by atoms with Crippen LogP contribution in [0.3, 0.4) is 0 Å². The van der Waals surface area contributed by atoms with Crippen molar-refractivity contribution >= 4 is 37.1 Å². The maximum absolute atomic E-state index is 6.42. The first-order valence-electron chi connectivity index (χ1n) is 7.46. The molecule has 0 aliphatic heterocycles. The molecule has 0 bridgehead atoms. The van der Waals surface area contributed by atoms with Crippen molar-refractivity contribution in [2.75, 3.05) is 0 Å². The van der Waals surface area contributed by atoms with Gasteiger partial charge in [-0.05, 0) is 28.1 Å². The van der Waals surface area contributed by atoms with Crippen LogP contribution in [0.2, 0.25) is 5.02 Å². The molecule has 3 rings (SSSR count). The molecule has 0 aromatic heterocycles. The van der Waals surface area contributed by atoms with Crippen molar-refractivity contribution in [3.8, 4) is 5.75 Å². The summed E-state index contributed by atoms with van der Waals surface area (Å²) >= 11 is 6.34. The van der Waals surface area contributed by atoms with Crippen LogP contribution < -0.4 is 14.8 Å². The molecule has 1 nitrogen and oxygen atoms in total. The van der Waals surface area contributed by atoms with E-state index in [1.807, 2.05) is 54.6 Å². The van der Waals surface area contributed by atoms with Crippen LogP contribution in [-0.4, -0.2) is 9.04 Å². The standard InChI is InChI=1S/C20H17ClOSi/c1-2-16-13-14-19(21)20(15-16)22-23(17-9-5-3-6-10-17)18-11-7-4-8-12-18/h2-15,23H,1H2. The summed E-state index contributed by atoms with van der Waals surface area (Å²) in [7, 11) is -1.86. The SMILES string of the molecule is C=Cc1ccc(Cl)c(O[SiH](c2ccccc2)c2ccccc2)c1. The van der Waals surface area contributed by atoms with Gasteiger partial charge in [-0.15, -0.1) is 0 Å². The summed E-state index contributed by atoms with van der Waals surface area (Å²) in [6.45, 7) is 3.81. The van der Waals surface area contributed by atoms with Gasteiger partial charge >= 0.3 is 0 Å². The van der Waals surface area contributed by atoms with E-state index >= 15 is 0 Å². The molecule has 0 aliphatic rings. The van der Waals surface area contributed by atoms with E-state index in [9.17, 15) is 0 Å². The smallest absolute Gasteiger partial charge is 0.299 e. The summed E-state index contributed by atoms with van der Waals surface area (Å²) in [6.07, 6.45) is 1.80. The maximum atomic E-state index is 6.42. The van der Waals surface area contributed by atoms with Gasteiger partial charge < -0.3 is 4.43 Å². The van der Waals surface area contributed by atoms with Crippen LogP contribution in [0.25, 0.3) is 6.08 Å². The summed E-state index contributed by atoms with van der Waals surface area (Å²) in [5.74, 6) is 0.716. The van der Waals surface area contributed by atoms with E-state index < -0.39 is 9.04 Å². The van der Waals surface area contributed by atoms with E-state index in [1.54, 1.807) is 6.08 Å². The Balaban J connectivity index is 2.02. The molecule has 0 atom stereocenters. The number of hydrogen-bond acceptors (Lipinski definition) is 1. The first-order valence-corrected chi connectivity index (χ1v) is 9.47. The number of benzene rings is 3. The van der Waals surface area contributed by atoms with Crippen molar-refractivity contribution < 1.29 is 4.43 Å². The molecular weight excluding hydrogens is 320 g/mol. The first kappa shape index (κ1) is 15.6. The summed E-state index contributed by atoms with van der Waals surface area (Å²) in [5.41, 5.74) is 0.998. The lowest BCUT2D eigenvalue weighted by Crippen LogP contribution is -2.47. The number of hydrogen-bond donors (Lipinski definition) is 0. The first-order chi connectivity index (χ1) is 11.3. The van der Waals surface area contributed by atoms with Gasteiger partial charge in [-0.25, -0.2) is 0 Å². The van der Waals surface area contributed by atoms with Gasteiger partial charge in [0.15, 0.2) is 0 Å². The zero-order valence-electron chi connectivity index (χ0n) is 12.7. The highest BCUT2D eigenvalue weighted by atomic mass is 35.5. The lowest BCUT2D eigenvalue weighted by atomic mass is 10.2. The van der Waals surface area contributed by atoms with Gasteiger partial charge in [0.25, 0.3) is 9.04 Å². The molecule has 0 spiro atoms. The van der Waals surface area contributed by atoms with Crippen LogP contribution in [0.15, 0.2) is 85.4 Å². The van der Waals surface area contributed by atoms with Crippen molar-refractivity contribution in [3.63, 3.8) is 0 Å². The third-order valence-corrected chi connectivity index (χ3v) is 6.42. The van der Waals surface area contributed by atoms with Crippen LogP contribution >= 0.6 is 11.6 Å². The highest BCUT2D eigenvalue weighted by molar-refractivity contribution is 6.80. The zero-order chi connectivity index (χ0) is 16.1.